The second-order valence-electron chi connectivity index (χ2n) is 9.62. The molecule has 0 radical (unpaired) electrons. The van der Waals surface area contributed by atoms with Crippen LogP contribution in [0.25, 0.3) is 0 Å². The van der Waals surface area contributed by atoms with Gasteiger partial charge >= 0.3 is 0 Å². The summed E-state index contributed by atoms with van der Waals surface area (Å²) < 4.78 is 5.86. The summed E-state index contributed by atoms with van der Waals surface area (Å²) in [4.78, 5) is 11.3. The molecule has 0 aliphatic carbocycles. The number of ether oxygens (including phenoxy) is 1. The van der Waals surface area contributed by atoms with Gasteiger partial charge < -0.3 is 4.74 Å². The Morgan fingerprint density at radius 1 is 0.700 bits per heavy atom. The molecule has 5 saturated heterocycles. The van der Waals surface area contributed by atoms with Crippen LogP contribution < -0.4 is 0 Å². The van der Waals surface area contributed by atoms with E-state index in [2.05, 4.69) is 48.4 Å². The lowest BCUT2D eigenvalue weighted by Gasteiger charge is -2.67. The molecule has 0 spiro atoms. The van der Waals surface area contributed by atoms with E-state index in [4.69, 9.17) is 4.74 Å². The molecule has 30 heavy (non-hydrogen) atoms. The van der Waals surface area contributed by atoms with Gasteiger partial charge in [-0.1, -0.05) is 6.42 Å². The molecule has 5 aliphatic rings. The molecule has 0 aromatic carbocycles. The summed E-state index contributed by atoms with van der Waals surface area (Å²) in [5.74, 6) is 2.46. The molecule has 5 aliphatic heterocycles. The van der Waals surface area contributed by atoms with Gasteiger partial charge in [0.05, 0.1) is 13.2 Å². The number of hydrogen-bond acceptors (Lipinski definition) is 8. The minimum atomic E-state index is -0.0629. The SMILES string of the molecule is CN1CCN(N2CCSCC2)C(N2CCCC2)(N2CCOCC2)C1N1CCCCC1. The van der Waals surface area contributed by atoms with Crippen LogP contribution in [0.1, 0.15) is 32.1 Å². The number of likely N-dealkylation sites (N-methyl/N-ethyl adjacent to an activating group) is 1. The third kappa shape index (κ3) is 3.96. The van der Waals surface area contributed by atoms with Gasteiger partial charge in [-0.2, -0.15) is 11.8 Å². The van der Waals surface area contributed by atoms with Crippen molar-refractivity contribution in [2.24, 2.45) is 0 Å². The highest BCUT2D eigenvalue weighted by atomic mass is 32.2. The van der Waals surface area contributed by atoms with E-state index in [-0.39, 0.29) is 5.79 Å². The highest BCUT2D eigenvalue weighted by Crippen LogP contribution is 2.41. The van der Waals surface area contributed by atoms with Gasteiger partial charge in [0, 0.05) is 63.9 Å². The van der Waals surface area contributed by atoms with E-state index < -0.39 is 0 Å². The number of likely N-dealkylation sites (tertiary alicyclic amines) is 2. The Morgan fingerprint density at radius 3 is 2.03 bits per heavy atom. The average Bonchev–Trinajstić information content (AvgIpc) is 3.36. The van der Waals surface area contributed by atoms with Crippen molar-refractivity contribution in [1.82, 2.24) is 29.6 Å². The van der Waals surface area contributed by atoms with E-state index in [9.17, 15) is 0 Å². The Morgan fingerprint density at radius 2 is 1.33 bits per heavy atom. The summed E-state index contributed by atoms with van der Waals surface area (Å²) in [6.45, 7) is 13.5. The number of hydrogen-bond donors (Lipinski definition) is 0. The molecule has 0 amide bonds. The number of hydrazine groups is 1. The second kappa shape index (κ2) is 9.91. The van der Waals surface area contributed by atoms with Crippen LogP contribution in [-0.2, 0) is 4.74 Å². The summed E-state index contributed by atoms with van der Waals surface area (Å²) in [6.07, 6.45) is 7.21. The van der Waals surface area contributed by atoms with Gasteiger partial charge in [-0.3, -0.25) is 19.6 Å². The molecule has 8 heteroatoms. The number of thioether (sulfide) groups is 1. The van der Waals surface area contributed by atoms with Crippen LogP contribution in [0.15, 0.2) is 0 Å². The summed E-state index contributed by atoms with van der Waals surface area (Å²) >= 11 is 2.12. The zero-order chi connectivity index (χ0) is 20.4. The minimum Gasteiger partial charge on any atom is -0.379 e. The smallest absolute Gasteiger partial charge is 0.174 e. The summed E-state index contributed by atoms with van der Waals surface area (Å²) in [5, 5.41) is 5.61. The Bertz CT molecular complexity index is 546. The molecule has 5 fully saturated rings. The van der Waals surface area contributed by atoms with E-state index in [1.165, 1.54) is 82.9 Å². The molecule has 2 atom stereocenters. The molecule has 5 heterocycles. The maximum atomic E-state index is 5.86. The predicted octanol–water partition coefficient (Wildman–Crippen LogP) is 1.09. The zero-order valence-electron chi connectivity index (χ0n) is 19.0. The van der Waals surface area contributed by atoms with Crippen molar-refractivity contribution in [2.45, 2.75) is 44.1 Å². The van der Waals surface area contributed by atoms with Gasteiger partial charge in [0.15, 0.2) is 5.79 Å². The number of piperazine rings is 1. The molecular formula is C22H42N6OS. The van der Waals surface area contributed by atoms with E-state index in [1.54, 1.807) is 0 Å². The van der Waals surface area contributed by atoms with Crippen LogP contribution in [0.5, 0.6) is 0 Å². The van der Waals surface area contributed by atoms with Crippen molar-refractivity contribution >= 4 is 11.8 Å². The van der Waals surface area contributed by atoms with E-state index in [1.807, 2.05) is 0 Å². The van der Waals surface area contributed by atoms with Crippen LogP contribution >= 0.6 is 11.8 Å². The van der Waals surface area contributed by atoms with E-state index >= 15 is 0 Å². The molecule has 0 N–H and O–H groups in total. The van der Waals surface area contributed by atoms with Gasteiger partial charge in [-0.25, -0.2) is 10.0 Å². The van der Waals surface area contributed by atoms with Gasteiger partial charge in [0.25, 0.3) is 0 Å². The standard InChI is InChI=1S/C22H42N6OS/c1-23-11-12-28(27-15-19-30-20-16-27)22(25-9-5-6-10-25,26-13-17-29-18-14-26)21(23)24-7-3-2-4-8-24/h21H,2-20H2,1H3. The molecule has 0 aromatic rings. The lowest BCUT2D eigenvalue weighted by Crippen LogP contribution is -2.86. The van der Waals surface area contributed by atoms with Gasteiger partial charge in [0.1, 0.15) is 6.17 Å². The first-order valence-electron chi connectivity index (χ1n) is 12.4. The first-order chi connectivity index (χ1) is 14.8. The van der Waals surface area contributed by atoms with Crippen molar-refractivity contribution in [3.05, 3.63) is 0 Å². The molecule has 7 nitrogen and oxygen atoms in total. The molecule has 0 bridgehead atoms. The maximum absolute atomic E-state index is 5.86. The van der Waals surface area contributed by atoms with Crippen molar-refractivity contribution in [3.8, 4) is 0 Å². The Hall–Kier alpha value is 0.0700. The summed E-state index contributed by atoms with van der Waals surface area (Å²) in [7, 11) is 2.40. The summed E-state index contributed by atoms with van der Waals surface area (Å²) in [5.41, 5.74) is 0. The lowest BCUT2D eigenvalue weighted by molar-refractivity contribution is -0.320. The summed E-state index contributed by atoms with van der Waals surface area (Å²) in [6, 6.07) is 0. The largest absolute Gasteiger partial charge is 0.379 e. The normalized spacial score (nSPS) is 37.7. The molecule has 5 rings (SSSR count). The van der Waals surface area contributed by atoms with Crippen molar-refractivity contribution in [1.29, 1.82) is 0 Å². The van der Waals surface area contributed by atoms with E-state index in [0.717, 1.165) is 39.4 Å². The average molecular weight is 439 g/mol. The fourth-order valence-electron chi connectivity index (χ4n) is 6.59. The van der Waals surface area contributed by atoms with Crippen LogP contribution in [0, 0.1) is 0 Å². The maximum Gasteiger partial charge on any atom is 0.174 e. The van der Waals surface area contributed by atoms with Crippen molar-refractivity contribution in [2.75, 3.05) is 97.2 Å². The topological polar surface area (TPSA) is 28.7 Å². The van der Waals surface area contributed by atoms with Gasteiger partial charge in [0.2, 0.25) is 0 Å². The van der Waals surface area contributed by atoms with Crippen LogP contribution in [-0.4, -0.2) is 139 Å². The molecule has 2 unspecified atom stereocenters. The quantitative estimate of drug-likeness (QED) is 0.644. The van der Waals surface area contributed by atoms with Crippen molar-refractivity contribution < 1.29 is 4.74 Å². The molecule has 0 aromatic heterocycles. The van der Waals surface area contributed by atoms with Crippen LogP contribution in [0.2, 0.25) is 0 Å². The predicted molar refractivity (Wildman–Crippen MR) is 123 cm³/mol. The fraction of sp³-hybridized carbons (Fsp3) is 1.00. The number of rotatable bonds is 4. The first-order valence-corrected chi connectivity index (χ1v) is 13.6. The third-order valence-corrected chi connectivity index (χ3v) is 8.86. The van der Waals surface area contributed by atoms with Gasteiger partial charge in [-0.15, -0.1) is 0 Å². The lowest BCUT2D eigenvalue weighted by atomic mass is 10.0. The highest BCUT2D eigenvalue weighted by molar-refractivity contribution is 7.99. The molecule has 0 saturated carbocycles. The Labute approximate surface area is 187 Å². The molecular weight excluding hydrogens is 396 g/mol. The first kappa shape index (κ1) is 21.9. The number of nitrogens with zero attached hydrogens (tertiary/aromatic N) is 6. The minimum absolute atomic E-state index is 0.0629. The second-order valence-corrected chi connectivity index (χ2v) is 10.8. The number of morpholine rings is 1. The third-order valence-electron chi connectivity index (χ3n) is 7.92. The molecule has 172 valence electrons. The van der Waals surface area contributed by atoms with Crippen LogP contribution in [0.3, 0.4) is 0 Å². The monoisotopic (exact) mass is 438 g/mol. The fourth-order valence-corrected chi connectivity index (χ4v) is 7.48. The Kier molecular flexibility index (Phi) is 7.23. The zero-order valence-corrected chi connectivity index (χ0v) is 19.8. The van der Waals surface area contributed by atoms with Crippen molar-refractivity contribution in [3.63, 3.8) is 0 Å². The van der Waals surface area contributed by atoms with Gasteiger partial charge in [-0.05, 0) is 45.8 Å². The Balaban J connectivity index is 1.59. The van der Waals surface area contributed by atoms with Crippen LogP contribution in [0.4, 0.5) is 0 Å². The number of piperidine rings is 1. The van der Waals surface area contributed by atoms with E-state index in [0.29, 0.717) is 6.17 Å². The highest BCUT2D eigenvalue weighted by Gasteiger charge is 2.60.